The number of nitrogens with zero attached hydrogens (tertiary/aromatic N) is 2. The van der Waals surface area contributed by atoms with E-state index in [1.807, 2.05) is 0 Å². The van der Waals surface area contributed by atoms with Crippen LogP contribution in [-0.2, 0) is 0 Å². The molecule has 2 N–H and O–H groups in total. The minimum absolute atomic E-state index is 0.328. The normalized spacial score (nSPS) is 29.8. The number of hydrogen-bond donors (Lipinski definition) is 1. The van der Waals surface area contributed by atoms with Gasteiger partial charge in [-0.2, -0.15) is 0 Å². The fourth-order valence-electron chi connectivity index (χ4n) is 3.76. The monoisotopic (exact) mass is 253 g/mol. The molecule has 3 nitrogen and oxygen atoms in total. The van der Waals surface area contributed by atoms with E-state index in [1.54, 1.807) is 0 Å². The van der Waals surface area contributed by atoms with Gasteiger partial charge in [-0.15, -0.1) is 0 Å². The fraction of sp³-hybridized carbons (Fsp3) is 1.00. The molecule has 0 aromatic carbocycles. The van der Waals surface area contributed by atoms with Gasteiger partial charge in [-0.3, -0.25) is 4.90 Å². The van der Waals surface area contributed by atoms with Gasteiger partial charge < -0.3 is 10.6 Å². The zero-order valence-electron chi connectivity index (χ0n) is 12.3. The number of piperidine rings is 1. The lowest BCUT2D eigenvalue weighted by Crippen LogP contribution is -2.58. The zero-order valence-corrected chi connectivity index (χ0v) is 12.3. The first-order valence-electron chi connectivity index (χ1n) is 7.91. The summed E-state index contributed by atoms with van der Waals surface area (Å²) < 4.78 is 0. The fourth-order valence-corrected chi connectivity index (χ4v) is 3.76. The van der Waals surface area contributed by atoms with Crippen LogP contribution in [0, 0.1) is 5.92 Å². The van der Waals surface area contributed by atoms with Gasteiger partial charge in [0.1, 0.15) is 0 Å². The first-order chi connectivity index (χ1) is 8.74. The summed E-state index contributed by atoms with van der Waals surface area (Å²) in [6.45, 7) is 11.8. The first-order valence-corrected chi connectivity index (χ1v) is 7.91. The van der Waals surface area contributed by atoms with Gasteiger partial charge in [-0.1, -0.05) is 20.3 Å². The minimum atomic E-state index is 0.328. The lowest BCUT2D eigenvalue weighted by Gasteiger charge is -2.47. The summed E-state index contributed by atoms with van der Waals surface area (Å²) in [6.07, 6.45) is 6.55. The molecule has 0 radical (unpaired) electrons. The van der Waals surface area contributed by atoms with Gasteiger partial charge in [0.15, 0.2) is 0 Å². The maximum atomic E-state index is 6.16. The average Bonchev–Trinajstić information content (AvgIpc) is 2.90. The maximum Gasteiger partial charge on any atom is 0.0356 e. The minimum Gasteiger partial charge on any atom is -0.329 e. The van der Waals surface area contributed by atoms with E-state index in [4.69, 9.17) is 5.73 Å². The van der Waals surface area contributed by atoms with Crippen LogP contribution in [0.2, 0.25) is 0 Å². The van der Waals surface area contributed by atoms with Crippen LogP contribution in [0.1, 0.15) is 46.0 Å². The highest BCUT2D eigenvalue weighted by molar-refractivity contribution is 4.98. The molecular weight excluding hydrogens is 222 g/mol. The lowest BCUT2D eigenvalue weighted by atomic mass is 9.85. The summed E-state index contributed by atoms with van der Waals surface area (Å²) in [5, 5.41) is 0. The Labute approximate surface area is 113 Å². The van der Waals surface area contributed by atoms with E-state index in [-0.39, 0.29) is 0 Å². The molecule has 1 atom stereocenters. The Balaban J connectivity index is 1.92. The van der Waals surface area contributed by atoms with Crippen LogP contribution in [0.15, 0.2) is 0 Å². The van der Waals surface area contributed by atoms with E-state index in [0.717, 1.165) is 12.5 Å². The second-order valence-electron chi connectivity index (χ2n) is 6.28. The predicted molar refractivity (Wildman–Crippen MR) is 77.7 cm³/mol. The summed E-state index contributed by atoms with van der Waals surface area (Å²) in [7, 11) is 0. The zero-order chi connectivity index (χ0) is 13.0. The Bertz CT molecular complexity index is 246. The SMILES string of the molecule is CCCN1CCC(CN)(N2CCC(CC)C2)CC1. The average molecular weight is 253 g/mol. The molecule has 0 amide bonds. The molecule has 18 heavy (non-hydrogen) atoms. The largest absolute Gasteiger partial charge is 0.329 e. The molecule has 2 heterocycles. The van der Waals surface area contributed by atoms with Gasteiger partial charge in [0, 0.05) is 18.6 Å². The van der Waals surface area contributed by atoms with Crippen LogP contribution in [0.4, 0.5) is 0 Å². The summed E-state index contributed by atoms with van der Waals surface area (Å²) in [5.41, 5.74) is 6.49. The molecule has 0 spiro atoms. The van der Waals surface area contributed by atoms with Crippen LogP contribution >= 0.6 is 0 Å². The van der Waals surface area contributed by atoms with Crippen molar-refractivity contribution in [1.82, 2.24) is 9.80 Å². The first kappa shape index (κ1) is 14.3. The molecule has 2 rings (SSSR count). The van der Waals surface area contributed by atoms with Crippen molar-refractivity contribution in [2.45, 2.75) is 51.5 Å². The molecule has 3 heteroatoms. The highest BCUT2D eigenvalue weighted by Crippen LogP contribution is 2.33. The molecule has 0 saturated carbocycles. The van der Waals surface area contributed by atoms with Crippen LogP contribution in [-0.4, -0.2) is 54.6 Å². The van der Waals surface area contributed by atoms with Gasteiger partial charge >= 0.3 is 0 Å². The van der Waals surface area contributed by atoms with Crippen LogP contribution in [0.5, 0.6) is 0 Å². The molecule has 2 saturated heterocycles. The molecule has 106 valence electrons. The Morgan fingerprint density at radius 3 is 2.39 bits per heavy atom. The lowest BCUT2D eigenvalue weighted by molar-refractivity contribution is 0.0410. The third-order valence-corrected chi connectivity index (χ3v) is 5.24. The highest BCUT2D eigenvalue weighted by Gasteiger charge is 2.41. The van der Waals surface area contributed by atoms with Gasteiger partial charge in [0.2, 0.25) is 0 Å². The molecule has 0 aromatic rings. The Morgan fingerprint density at radius 1 is 1.17 bits per heavy atom. The van der Waals surface area contributed by atoms with Crippen molar-refractivity contribution in [1.29, 1.82) is 0 Å². The van der Waals surface area contributed by atoms with Crippen LogP contribution < -0.4 is 5.73 Å². The number of likely N-dealkylation sites (tertiary alicyclic amines) is 2. The van der Waals surface area contributed by atoms with Gasteiger partial charge in [0.05, 0.1) is 0 Å². The molecule has 2 aliphatic rings. The topological polar surface area (TPSA) is 32.5 Å². The number of nitrogens with two attached hydrogens (primary N) is 1. The van der Waals surface area contributed by atoms with Crippen molar-refractivity contribution in [2.24, 2.45) is 11.7 Å². The maximum absolute atomic E-state index is 6.16. The summed E-state index contributed by atoms with van der Waals surface area (Å²) in [5.74, 6) is 0.919. The molecule has 2 fully saturated rings. The number of rotatable bonds is 5. The van der Waals surface area contributed by atoms with E-state index in [0.29, 0.717) is 5.54 Å². The third-order valence-electron chi connectivity index (χ3n) is 5.24. The van der Waals surface area contributed by atoms with E-state index in [9.17, 15) is 0 Å². The number of hydrogen-bond acceptors (Lipinski definition) is 3. The molecule has 2 aliphatic heterocycles. The summed E-state index contributed by atoms with van der Waals surface area (Å²) in [6, 6.07) is 0. The summed E-state index contributed by atoms with van der Waals surface area (Å²) in [4.78, 5) is 5.34. The Kier molecular flexibility index (Phi) is 5.05. The van der Waals surface area contributed by atoms with Crippen LogP contribution in [0.3, 0.4) is 0 Å². The quantitative estimate of drug-likeness (QED) is 0.812. The van der Waals surface area contributed by atoms with E-state index >= 15 is 0 Å². The second-order valence-corrected chi connectivity index (χ2v) is 6.28. The Hall–Kier alpha value is -0.120. The molecule has 0 aromatic heterocycles. The second kappa shape index (κ2) is 6.36. The molecule has 0 bridgehead atoms. The smallest absolute Gasteiger partial charge is 0.0356 e. The third kappa shape index (κ3) is 2.89. The van der Waals surface area contributed by atoms with Crippen molar-refractivity contribution in [3.8, 4) is 0 Å². The molecule has 0 aliphatic carbocycles. The molecule has 1 unspecified atom stereocenters. The van der Waals surface area contributed by atoms with E-state index in [2.05, 4.69) is 23.6 Å². The van der Waals surface area contributed by atoms with Crippen molar-refractivity contribution in [3.63, 3.8) is 0 Å². The van der Waals surface area contributed by atoms with Gasteiger partial charge in [-0.05, 0) is 57.8 Å². The van der Waals surface area contributed by atoms with E-state index in [1.165, 1.54) is 64.8 Å². The molecular formula is C15H31N3. The predicted octanol–water partition coefficient (Wildman–Crippen LogP) is 1.92. The van der Waals surface area contributed by atoms with Crippen molar-refractivity contribution in [2.75, 3.05) is 39.3 Å². The van der Waals surface area contributed by atoms with Gasteiger partial charge in [-0.25, -0.2) is 0 Å². The van der Waals surface area contributed by atoms with Crippen molar-refractivity contribution >= 4 is 0 Å². The van der Waals surface area contributed by atoms with Crippen molar-refractivity contribution < 1.29 is 0 Å². The van der Waals surface area contributed by atoms with Crippen molar-refractivity contribution in [3.05, 3.63) is 0 Å². The van der Waals surface area contributed by atoms with E-state index < -0.39 is 0 Å². The van der Waals surface area contributed by atoms with Gasteiger partial charge in [0.25, 0.3) is 0 Å². The standard InChI is InChI=1S/C15H31N3/c1-3-8-17-10-6-15(13-16,7-11-17)18-9-5-14(4-2)12-18/h14H,3-13,16H2,1-2H3. The summed E-state index contributed by atoms with van der Waals surface area (Å²) >= 11 is 0. The highest BCUT2D eigenvalue weighted by atomic mass is 15.3. The Morgan fingerprint density at radius 2 is 1.89 bits per heavy atom. The van der Waals surface area contributed by atoms with Crippen LogP contribution in [0.25, 0.3) is 0 Å².